The maximum absolute atomic E-state index is 12.9. The molecule has 0 aromatic heterocycles. The maximum Gasteiger partial charge on any atom is 0.282 e. The van der Waals surface area contributed by atoms with Crippen LogP contribution in [0.5, 0.6) is 0 Å². The molecule has 1 fully saturated rings. The first kappa shape index (κ1) is 20.3. The van der Waals surface area contributed by atoms with Gasteiger partial charge < -0.3 is 16.8 Å². The van der Waals surface area contributed by atoms with Crippen LogP contribution in [0.2, 0.25) is 10.0 Å². The van der Waals surface area contributed by atoms with E-state index < -0.39 is 35.3 Å². The molecule has 29 heavy (non-hydrogen) atoms. The fourth-order valence-corrected chi connectivity index (χ4v) is 2.87. The number of hydrogen-bond donors (Lipinski definition) is 3. The Morgan fingerprint density at radius 2 is 1.52 bits per heavy atom. The smallest absolute Gasteiger partial charge is 0.282 e. The molecule has 1 unspecified atom stereocenters. The average Bonchev–Trinajstić information content (AvgIpc) is 2.92. The Morgan fingerprint density at radius 3 is 2.07 bits per heavy atom. The number of halogens is 2. The van der Waals surface area contributed by atoms with E-state index in [1.54, 1.807) is 24.3 Å². The Kier molecular flexibility index (Phi) is 5.81. The predicted octanol–water partition coefficient (Wildman–Crippen LogP) is 1.75. The number of nitrogens with zero attached hydrogens (tertiary/aromatic N) is 3. The average molecular weight is 433 g/mol. The lowest BCUT2D eigenvalue weighted by Crippen LogP contribution is -2.34. The second-order valence-corrected chi connectivity index (χ2v) is 6.77. The van der Waals surface area contributed by atoms with Gasteiger partial charge in [0.2, 0.25) is 11.9 Å². The minimum Gasteiger partial charge on any atom is -0.369 e. The van der Waals surface area contributed by atoms with Crippen molar-refractivity contribution in [2.24, 2.45) is 27.6 Å². The molecule has 11 heteroatoms. The van der Waals surface area contributed by atoms with Crippen LogP contribution in [0.15, 0.2) is 58.7 Å². The summed E-state index contributed by atoms with van der Waals surface area (Å²) >= 11 is 11.7. The number of imide groups is 1. The first-order valence-corrected chi connectivity index (χ1v) is 8.90. The topological polar surface area (TPSA) is 143 Å². The van der Waals surface area contributed by atoms with Crippen molar-refractivity contribution in [3.05, 3.63) is 58.6 Å². The number of hydrogen-bond acceptors (Lipinski definition) is 5. The number of guanidine groups is 1. The molecule has 0 bridgehead atoms. The molecular weight excluding hydrogens is 419 g/mol. The number of carbonyl (C=O) groups excluding carboxylic acids is 3. The zero-order chi connectivity index (χ0) is 21.1. The second kappa shape index (κ2) is 8.29. The second-order valence-electron chi connectivity index (χ2n) is 5.89. The molecule has 1 heterocycles. The summed E-state index contributed by atoms with van der Waals surface area (Å²) in [6.45, 7) is 0. The van der Waals surface area contributed by atoms with Crippen LogP contribution < -0.4 is 21.7 Å². The van der Waals surface area contributed by atoms with Crippen LogP contribution in [-0.2, 0) is 14.4 Å². The molecule has 1 atom stereocenters. The van der Waals surface area contributed by atoms with Crippen LogP contribution in [0, 0.1) is 5.92 Å². The summed E-state index contributed by atoms with van der Waals surface area (Å²) in [5, 5.41) is 10.5. The van der Waals surface area contributed by atoms with E-state index in [2.05, 4.69) is 15.5 Å². The standard InChI is InChI=1S/C18H14Cl2N6O3/c19-9-1-5-11(6-2-9)23-15(27)13-14(24-25-18(21)22)17(29)26(16(13)28)12-7-3-10(20)4-8-12/h1-8,13H,(H,23,27)(H4,21,22,25)/b24-14-. The van der Waals surface area contributed by atoms with Crippen molar-refractivity contribution in [3.63, 3.8) is 0 Å². The zero-order valence-corrected chi connectivity index (χ0v) is 16.2. The molecule has 2 aromatic rings. The first-order chi connectivity index (χ1) is 13.8. The molecule has 9 nitrogen and oxygen atoms in total. The summed E-state index contributed by atoms with van der Waals surface area (Å²) in [6, 6.07) is 12.2. The number of nitrogens with two attached hydrogens (primary N) is 2. The van der Waals surface area contributed by atoms with E-state index in [4.69, 9.17) is 34.7 Å². The van der Waals surface area contributed by atoms with Gasteiger partial charge in [0.15, 0.2) is 11.6 Å². The molecule has 0 spiro atoms. The molecule has 148 valence electrons. The van der Waals surface area contributed by atoms with Gasteiger partial charge in [-0.1, -0.05) is 23.2 Å². The molecule has 3 amide bonds. The molecule has 1 aliphatic rings. The van der Waals surface area contributed by atoms with Crippen LogP contribution >= 0.6 is 23.2 Å². The predicted molar refractivity (Wildman–Crippen MR) is 111 cm³/mol. The fourth-order valence-electron chi connectivity index (χ4n) is 2.61. The number of amides is 3. The number of rotatable bonds is 4. The van der Waals surface area contributed by atoms with Crippen LogP contribution in [0.1, 0.15) is 0 Å². The van der Waals surface area contributed by atoms with E-state index in [9.17, 15) is 14.4 Å². The lowest BCUT2D eigenvalue weighted by molar-refractivity contribution is -0.127. The van der Waals surface area contributed by atoms with Gasteiger partial charge in [-0.15, -0.1) is 10.2 Å². The number of nitrogens with one attached hydrogen (secondary N) is 1. The summed E-state index contributed by atoms with van der Waals surface area (Å²) in [6.07, 6.45) is 0. The third-order valence-corrected chi connectivity index (χ3v) is 4.40. The highest BCUT2D eigenvalue weighted by molar-refractivity contribution is 6.61. The SMILES string of the molecule is NC(N)=N/N=C1\C(=O)N(c2ccc(Cl)cc2)C(=O)C1C(=O)Nc1ccc(Cl)cc1. The highest BCUT2D eigenvalue weighted by atomic mass is 35.5. The Bertz CT molecular complexity index is 1030. The molecule has 3 rings (SSSR count). The highest BCUT2D eigenvalue weighted by Gasteiger charge is 2.50. The van der Waals surface area contributed by atoms with Gasteiger partial charge in [0.25, 0.3) is 11.8 Å². The number of benzene rings is 2. The van der Waals surface area contributed by atoms with Crippen LogP contribution in [0.4, 0.5) is 11.4 Å². The fraction of sp³-hybridized carbons (Fsp3) is 0.0556. The van der Waals surface area contributed by atoms with Crippen molar-refractivity contribution in [2.75, 3.05) is 10.2 Å². The van der Waals surface area contributed by atoms with E-state index in [-0.39, 0.29) is 5.69 Å². The summed E-state index contributed by atoms with van der Waals surface area (Å²) < 4.78 is 0. The molecule has 5 N–H and O–H groups in total. The van der Waals surface area contributed by atoms with Gasteiger partial charge in [0.05, 0.1) is 5.69 Å². The van der Waals surface area contributed by atoms with Gasteiger partial charge in [0, 0.05) is 15.7 Å². The van der Waals surface area contributed by atoms with E-state index in [1.165, 1.54) is 24.3 Å². The van der Waals surface area contributed by atoms with Gasteiger partial charge in [0.1, 0.15) is 0 Å². The quantitative estimate of drug-likeness (QED) is 0.221. The Morgan fingerprint density at radius 1 is 0.966 bits per heavy atom. The minimum absolute atomic E-state index is 0.226. The molecule has 0 saturated carbocycles. The van der Waals surface area contributed by atoms with E-state index in [1.807, 2.05) is 0 Å². The monoisotopic (exact) mass is 432 g/mol. The summed E-state index contributed by atoms with van der Waals surface area (Å²) in [7, 11) is 0. The van der Waals surface area contributed by atoms with Gasteiger partial charge in [-0.2, -0.15) is 0 Å². The first-order valence-electron chi connectivity index (χ1n) is 8.14. The third kappa shape index (κ3) is 4.36. The van der Waals surface area contributed by atoms with Crippen molar-refractivity contribution >= 4 is 64.0 Å². The van der Waals surface area contributed by atoms with E-state index in [0.717, 1.165) is 4.90 Å². The minimum atomic E-state index is -1.54. The van der Waals surface area contributed by atoms with E-state index in [0.29, 0.717) is 15.7 Å². The summed E-state index contributed by atoms with van der Waals surface area (Å²) in [5.41, 5.74) is 10.7. The maximum atomic E-state index is 12.9. The van der Waals surface area contributed by atoms with Crippen LogP contribution in [0.3, 0.4) is 0 Å². The number of anilines is 2. The van der Waals surface area contributed by atoms with Crippen molar-refractivity contribution < 1.29 is 14.4 Å². The largest absolute Gasteiger partial charge is 0.369 e. The van der Waals surface area contributed by atoms with Gasteiger partial charge in [-0.05, 0) is 48.5 Å². The van der Waals surface area contributed by atoms with Gasteiger partial charge in [-0.3, -0.25) is 14.4 Å². The Hall–Kier alpha value is -3.43. The normalized spacial score (nSPS) is 17.5. The lowest BCUT2D eigenvalue weighted by Gasteiger charge is -2.14. The molecule has 1 saturated heterocycles. The molecular formula is C18H14Cl2N6O3. The molecule has 0 aliphatic carbocycles. The summed E-state index contributed by atoms with van der Waals surface area (Å²) in [4.78, 5) is 39.4. The molecule has 2 aromatic carbocycles. The van der Waals surface area contributed by atoms with Crippen molar-refractivity contribution in [2.45, 2.75) is 0 Å². The number of carbonyl (C=O) groups is 3. The highest BCUT2D eigenvalue weighted by Crippen LogP contribution is 2.27. The van der Waals surface area contributed by atoms with Gasteiger partial charge in [-0.25, -0.2) is 4.90 Å². The van der Waals surface area contributed by atoms with Crippen molar-refractivity contribution in [3.8, 4) is 0 Å². The van der Waals surface area contributed by atoms with Crippen molar-refractivity contribution in [1.29, 1.82) is 0 Å². The summed E-state index contributed by atoms with van der Waals surface area (Å²) in [5.74, 6) is -4.37. The Balaban J connectivity index is 1.98. The Labute approximate surface area is 175 Å². The van der Waals surface area contributed by atoms with E-state index >= 15 is 0 Å². The van der Waals surface area contributed by atoms with Crippen molar-refractivity contribution in [1.82, 2.24) is 0 Å². The van der Waals surface area contributed by atoms with Crippen LogP contribution in [0.25, 0.3) is 0 Å². The lowest BCUT2D eigenvalue weighted by atomic mass is 10.1. The zero-order valence-electron chi connectivity index (χ0n) is 14.7. The third-order valence-electron chi connectivity index (χ3n) is 3.89. The van der Waals surface area contributed by atoms with Crippen LogP contribution in [-0.4, -0.2) is 29.4 Å². The molecule has 0 radical (unpaired) electrons. The molecule has 1 aliphatic heterocycles. The van der Waals surface area contributed by atoms with Gasteiger partial charge >= 0.3 is 0 Å².